The van der Waals surface area contributed by atoms with E-state index in [1.54, 1.807) is 6.92 Å². The van der Waals surface area contributed by atoms with Gasteiger partial charge in [-0.15, -0.1) is 0 Å². The van der Waals surface area contributed by atoms with Gasteiger partial charge in [0.1, 0.15) is 11.4 Å². The number of aliphatic imine (C=N–C) groups is 1. The number of carbonyl (C=O) groups excluding carboxylic acids is 1. The summed E-state index contributed by atoms with van der Waals surface area (Å²) < 4.78 is 16.6. The molecule has 0 fully saturated rings. The maximum atomic E-state index is 12.0. The van der Waals surface area contributed by atoms with E-state index in [1.165, 1.54) is 6.40 Å². The van der Waals surface area contributed by atoms with Crippen molar-refractivity contribution in [3.8, 4) is 5.75 Å². The van der Waals surface area contributed by atoms with Crippen LogP contribution in [-0.4, -0.2) is 30.6 Å². The molecule has 2 heterocycles. The van der Waals surface area contributed by atoms with Crippen LogP contribution >= 0.6 is 0 Å². The van der Waals surface area contributed by atoms with E-state index < -0.39 is 12.1 Å². The van der Waals surface area contributed by atoms with Crippen LogP contribution in [0.5, 0.6) is 5.75 Å². The van der Waals surface area contributed by atoms with Gasteiger partial charge < -0.3 is 14.2 Å². The Labute approximate surface area is 123 Å². The standard InChI is InChI=1S/C16H19NO4/c1-4-19-15(18)12-14(20-9-17-12)11-7-5-6-10-8-16(2,3)21-13(10)11/h5-7,9,12,14H,4,8H2,1-3H3. The predicted octanol–water partition coefficient (Wildman–Crippen LogP) is 2.43. The van der Waals surface area contributed by atoms with Gasteiger partial charge in [-0.2, -0.15) is 0 Å². The molecule has 0 saturated carbocycles. The molecule has 1 aromatic carbocycles. The lowest BCUT2D eigenvalue weighted by molar-refractivity contribution is -0.146. The summed E-state index contributed by atoms with van der Waals surface area (Å²) in [4.78, 5) is 16.1. The average Bonchev–Trinajstić information content (AvgIpc) is 3.00. The number of hydrogen-bond acceptors (Lipinski definition) is 5. The highest BCUT2D eigenvalue weighted by Gasteiger charge is 2.40. The van der Waals surface area contributed by atoms with Gasteiger partial charge in [0.15, 0.2) is 18.5 Å². The molecule has 21 heavy (non-hydrogen) atoms. The van der Waals surface area contributed by atoms with Gasteiger partial charge in [-0.3, -0.25) is 0 Å². The molecule has 0 radical (unpaired) electrons. The molecule has 0 aromatic heterocycles. The highest BCUT2D eigenvalue weighted by Crippen LogP contribution is 2.43. The second kappa shape index (κ2) is 5.06. The van der Waals surface area contributed by atoms with Crippen molar-refractivity contribution < 1.29 is 19.0 Å². The molecule has 112 valence electrons. The van der Waals surface area contributed by atoms with Crippen LogP contribution in [0.15, 0.2) is 23.2 Å². The number of carbonyl (C=O) groups is 1. The Morgan fingerprint density at radius 2 is 2.29 bits per heavy atom. The SMILES string of the molecule is CCOC(=O)C1N=COC1c1cccc2c1OC(C)(C)C2. The predicted molar refractivity (Wildman–Crippen MR) is 77.6 cm³/mol. The van der Waals surface area contributed by atoms with Gasteiger partial charge in [0.2, 0.25) is 0 Å². The zero-order chi connectivity index (χ0) is 15.0. The first kappa shape index (κ1) is 13.9. The molecule has 0 aliphatic carbocycles. The molecule has 5 heteroatoms. The summed E-state index contributed by atoms with van der Waals surface area (Å²) in [7, 11) is 0. The summed E-state index contributed by atoms with van der Waals surface area (Å²) in [6.45, 7) is 6.20. The van der Waals surface area contributed by atoms with E-state index in [0.29, 0.717) is 6.61 Å². The molecule has 5 nitrogen and oxygen atoms in total. The summed E-state index contributed by atoms with van der Waals surface area (Å²) in [5.74, 6) is 0.443. The Bertz CT molecular complexity index is 594. The van der Waals surface area contributed by atoms with Crippen molar-refractivity contribution in [3.63, 3.8) is 0 Å². The number of rotatable bonds is 3. The van der Waals surface area contributed by atoms with Gasteiger partial charge in [-0.05, 0) is 26.3 Å². The molecule has 3 rings (SSSR count). The van der Waals surface area contributed by atoms with Gasteiger partial charge in [-0.25, -0.2) is 9.79 Å². The van der Waals surface area contributed by atoms with Crippen LogP contribution < -0.4 is 4.74 Å². The number of nitrogens with zero attached hydrogens (tertiary/aromatic N) is 1. The van der Waals surface area contributed by atoms with Crippen LogP contribution in [0, 0.1) is 0 Å². The summed E-state index contributed by atoms with van der Waals surface area (Å²) in [6, 6.07) is 5.26. The number of hydrogen-bond donors (Lipinski definition) is 0. The maximum absolute atomic E-state index is 12.0. The van der Waals surface area contributed by atoms with E-state index in [2.05, 4.69) is 4.99 Å². The van der Waals surface area contributed by atoms with E-state index in [9.17, 15) is 4.79 Å². The molecule has 2 atom stereocenters. The molecule has 2 aliphatic heterocycles. The molecule has 2 unspecified atom stereocenters. The third kappa shape index (κ3) is 2.48. The quantitative estimate of drug-likeness (QED) is 0.802. The lowest BCUT2D eigenvalue weighted by atomic mass is 9.97. The summed E-state index contributed by atoms with van der Waals surface area (Å²) in [5, 5.41) is 0. The van der Waals surface area contributed by atoms with Gasteiger partial charge in [-0.1, -0.05) is 18.2 Å². The normalized spacial score (nSPS) is 25.1. The molecule has 1 aromatic rings. The van der Waals surface area contributed by atoms with E-state index in [1.807, 2.05) is 32.0 Å². The minimum absolute atomic E-state index is 0.239. The molecule has 0 amide bonds. The Kier molecular flexibility index (Phi) is 3.35. The Balaban J connectivity index is 1.92. The average molecular weight is 289 g/mol. The first-order valence-corrected chi connectivity index (χ1v) is 7.16. The van der Waals surface area contributed by atoms with Crippen molar-refractivity contribution >= 4 is 12.4 Å². The summed E-state index contributed by atoms with van der Waals surface area (Å²) in [5.41, 5.74) is 1.75. The summed E-state index contributed by atoms with van der Waals surface area (Å²) >= 11 is 0. The Morgan fingerprint density at radius 3 is 3.05 bits per heavy atom. The van der Waals surface area contributed by atoms with Crippen molar-refractivity contribution in [3.05, 3.63) is 29.3 Å². The molecule has 0 bridgehead atoms. The maximum Gasteiger partial charge on any atom is 0.335 e. The van der Waals surface area contributed by atoms with Crippen molar-refractivity contribution in [1.82, 2.24) is 0 Å². The minimum atomic E-state index is -0.663. The van der Waals surface area contributed by atoms with Crippen LogP contribution in [-0.2, 0) is 20.7 Å². The van der Waals surface area contributed by atoms with Gasteiger partial charge >= 0.3 is 5.97 Å². The van der Waals surface area contributed by atoms with Crippen LogP contribution in [0.25, 0.3) is 0 Å². The number of benzene rings is 1. The number of esters is 1. The lowest BCUT2D eigenvalue weighted by Crippen LogP contribution is -2.27. The van der Waals surface area contributed by atoms with Crippen molar-refractivity contribution in [2.75, 3.05) is 6.61 Å². The zero-order valence-corrected chi connectivity index (χ0v) is 12.5. The third-order valence-corrected chi connectivity index (χ3v) is 3.67. The summed E-state index contributed by atoms with van der Waals surface area (Å²) in [6.07, 6.45) is 1.69. The van der Waals surface area contributed by atoms with Crippen LogP contribution in [0.4, 0.5) is 0 Å². The molecule has 0 saturated heterocycles. The highest BCUT2D eigenvalue weighted by atomic mass is 16.5. The largest absolute Gasteiger partial charge is 0.487 e. The Morgan fingerprint density at radius 1 is 1.48 bits per heavy atom. The fourth-order valence-corrected chi connectivity index (χ4v) is 2.84. The Hall–Kier alpha value is -2.04. The van der Waals surface area contributed by atoms with Crippen LogP contribution in [0.3, 0.4) is 0 Å². The lowest BCUT2D eigenvalue weighted by Gasteiger charge is -2.21. The third-order valence-electron chi connectivity index (χ3n) is 3.67. The second-order valence-electron chi connectivity index (χ2n) is 5.88. The molecular weight excluding hydrogens is 270 g/mol. The van der Waals surface area contributed by atoms with Crippen molar-refractivity contribution in [2.24, 2.45) is 4.99 Å². The van der Waals surface area contributed by atoms with E-state index >= 15 is 0 Å². The fraction of sp³-hybridized carbons (Fsp3) is 0.500. The fourth-order valence-electron chi connectivity index (χ4n) is 2.84. The first-order chi connectivity index (χ1) is 10.0. The van der Waals surface area contributed by atoms with Crippen molar-refractivity contribution in [2.45, 2.75) is 44.9 Å². The monoisotopic (exact) mass is 289 g/mol. The minimum Gasteiger partial charge on any atom is -0.487 e. The van der Waals surface area contributed by atoms with Gasteiger partial charge in [0.25, 0.3) is 0 Å². The molecule has 2 aliphatic rings. The van der Waals surface area contributed by atoms with E-state index in [0.717, 1.165) is 23.3 Å². The zero-order valence-electron chi connectivity index (χ0n) is 12.5. The highest BCUT2D eigenvalue weighted by molar-refractivity contribution is 5.80. The van der Waals surface area contributed by atoms with E-state index in [4.69, 9.17) is 14.2 Å². The van der Waals surface area contributed by atoms with Crippen LogP contribution in [0.1, 0.15) is 38.0 Å². The second-order valence-corrected chi connectivity index (χ2v) is 5.88. The smallest absolute Gasteiger partial charge is 0.335 e. The molecular formula is C16H19NO4. The molecule has 0 spiro atoms. The number of ether oxygens (including phenoxy) is 3. The molecule has 0 N–H and O–H groups in total. The van der Waals surface area contributed by atoms with Gasteiger partial charge in [0.05, 0.1) is 6.61 Å². The van der Waals surface area contributed by atoms with Gasteiger partial charge in [0, 0.05) is 12.0 Å². The topological polar surface area (TPSA) is 57.1 Å². The van der Waals surface area contributed by atoms with E-state index in [-0.39, 0.29) is 11.6 Å². The van der Waals surface area contributed by atoms with Crippen molar-refractivity contribution in [1.29, 1.82) is 0 Å². The number of fused-ring (bicyclic) bond motifs is 1. The number of para-hydroxylation sites is 1. The first-order valence-electron chi connectivity index (χ1n) is 7.16. The van der Waals surface area contributed by atoms with Crippen LogP contribution in [0.2, 0.25) is 0 Å².